The summed E-state index contributed by atoms with van der Waals surface area (Å²) in [7, 11) is -0.342. The number of sulfonamides is 1. The number of carbonyl (C=O) groups excluding carboxylic acids is 1. The molecule has 0 spiro atoms. The van der Waals surface area contributed by atoms with Crippen LogP contribution in [0.5, 0.6) is 0 Å². The molecule has 0 radical (unpaired) electrons. The lowest BCUT2D eigenvalue weighted by atomic mass is 10.1. The molecule has 1 aromatic carbocycles. The molecule has 1 aliphatic rings. The highest BCUT2D eigenvalue weighted by Gasteiger charge is 2.31. The van der Waals surface area contributed by atoms with Crippen LogP contribution in [-0.2, 0) is 21.9 Å². The minimum atomic E-state index is -3.76. The molecular formula is C20H26ClN3O3S. The first-order chi connectivity index (χ1) is 13.3. The van der Waals surface area contributed by atoms with Gasteiger partial charge in [-0.3, -0.25) is 4.79 Å². The first-order valence-corrected chi connectivity index (χ1v) is 11.2. The van der Waals surface area contributed by atoms with Crippen LogP contribution < -0.4 is 0 Å². The third-order valence-electron chi connectivity index (χ3n) is 5.28. The molecule has 2 aromatic rings. The Morgan fingerprint density at radius 3 is 2.54 bits per heavy atom. The average molecular weight is 424 g/mol. The van der Waals surface area contributed by atoms with E-state index in [0.717, 1.165) is 35.7 Å². The van der Waals surface area contributed by atoms with E-state index in [-0.39, 0.29) is 23.4 Å². The second-order valence-electron chi connectivity index (χ2n) is 7.21. The first kappa shape index (κ1) is 20.9. The topological polar surface area (TPSA) is 62.6 Å². The Balaban J connectivity index is 1.79. The van der Waals surface area contributed by atoms with Gasteiger partial charge in [0.1, 0.15) is 0 Å². The number of aromatic nitrogens is 1. The van der Waals surface area contributed by atoms with E-state index in [1.165, 1.54) is 31.3 Å². The summed E-state index contributed by atoms with van der Waals surface area (Å²) < 4.78 is 28.8. The van der Waals surface area contributed by atoms with Crippen molar-refractivity contribution < 1.29 is 13.2 Å². The third kappa shape index (κ3) is 4.42. The normalized spacial score (nSPS) is 18.3. The van der Waals surface area contributed by atoms with Gasteiger partial charge in [0, 0.05) is 37.6 Å². The van der Waals surface area contributed by atoms with Crippen LogP contribution >= 0.6 is 11.6 Å². The highest BCUT2D eigenvalue weighted by molar-refractivity contribution is 7.89. The number of rotatable bonds is 5. The molecule has 0 aliphatic carbocycles. The van der Waals surface area contributed by atoms with E-state index >= 15 is 0 Å². The van der Waals surface area contributed by atoms with E-state index in [9.17, 15) is 13.2 Å². The van der Waals surface area contributed by atoms with Gasteiger partial charge in [-0.2, -0.15) is 4.31 Å². The zero-order chi connectivity index (χ0) is 20.3. The van der Waals surface area contributed by atoms with Crippen LogP contribution in [-0.4, -0.2) is 48.2 Å². The molecule has 1 fully saturated rings. The van der Waals surface area contributed by atoms with Gasteiger partial charge in [-0.05, 0) is 49.2 Å². The number of aryl methyl sites for hydroxylation is 1. The zero-order valence-corrected chi connectivity index (χ0v) is 17.8. The number of likely N-dealkylation sites (tertiary alicyclic amines) is 1. The van der Waals surface area contributed by atoms with Crippen molar-refractivity contribution in [3.05, 3.63) is 53.3 Å². The summed E-state index contributed by atoms with van der Waals surface area (Å²) in [6.07, 6.45) is 5.92. The Hall–Kier alpha value is -1.83. The van der Waals surface area contributed by atoms with E-state index in [4.69, 9.17) is 11.6 Å². The van der Waals surface area contributed by atoms with Gasteiger partial charge in [0.05, 0.1) is 17.5 Å². The SMILES string of the molecule is CN(CC(=O)N1CCCCC[C@@H]1c1cccn1C)S(=O)(=O)c1ccc(Cl)cc1. The maximum Gasteiger partial charge on any atom is 0.243 e. The van der Waals surface area contributed by atoms with Crippen LogP contribution in [0.2, 0.25) is 5.02 Å². The van der Waals surface area contributed by atoms with Crippen LogP contribution in [0.25, 0.3) is 0 Å². The molecule has 1 saturated heterocycles. The van der Waals surface area contributed by atoms with E-state index in [0.29, 0.717) is 11.6 Å². The van der Waals surface area contributed by atoms with E-state index < -0.39 is 10.0 Å². The lowest BCUT2D eigenvalue weighted by molar-refractivity contribution is -0.133. The molecule has 6 nitrogen and oxygen atoms in total. The smallest absolute Gasteiger partial charge is 0.243 e. The number of halogens is 1. The molecule has 0 bridgehead atoms. The molecule has 0 saturated carbocycles. The summed E-state index contributed by atoms with van der Waals surface area (Å²) in [5.74, 6) is -0.173. The molecule has 1 amide bonds. The molecule has 0 N–H and O–H groups in total. The molecule has 3 rings (SSSR count). The largest absolute Gasteiger partial charge is 0.353 e. The number of nitrogens with zero attached hydrogens (tertiary/aromatic N) is 3. The average Bonchev–Trinajstić information content (AvgIpc) is 2.93. The lowest BCUT2D eigenvalue weighted by Gasteiger charge is -2.32. The molecule has 152 valence electrons. The molecule has 1 aliphatic heterocycles. The minimum absolute atomic E-state index is 0.0263. The number of hydrogen-bond acceptors (Lipinski definition) is 3. The summed E-state index contributed by atoms with van der Waals surface area (Å²) in [6.45, 7) is 0.454. The van der Waals surface area contributed by atoms with Crippen molar-refractivity contribution in [1.29, 1.82) is 0 Å². The van der Waals surface area contributed by atoms with E-state index in [2.05, 4.69) is 0 Å². The van der Waals surface area contributed by atoms with Gasteiger partial charge in [0.15, 0.2) is 0 Å². The van der Waals surface area contributed by atoms with Crippen LogP contribution in [0, 0.1) is 0 Å². The highest BCUT2D eigenvalue weighted by Crippen LogP contribution is 2.30. The van der Waals surface area contributed by atoms with Crippen molar-refractivity contribution >= 4 is 27.5 Å². The summed E-state index contributed by atoms with van der Waals surface area (Å²) in [5, 5.41) is 0.465. The quantitative estimate of drug-likeness (QED) is 0.740. The summed E-state index contributed by atoms with van der Waals surface area (Å²) in [5.41, 5.74) is 1.08. The van der Waals surface area contributed by atoms with E-state index in [1.807, 2.05) is 34.8 Å². The molecule has 0 unspecified atom stereocenters. The molecule has 28 heavy (non-hydrogen) atoms. The van der Waals surface area contributed by atoms with Crippen LogP contribution in [0.1, 0.15) is 37.4 Å². The Morgan fingerprint density at radius 2 is 1.89 bits per heavy atom. The Bertz CT molecular complexity index is 924. The van der Waals surface area contributed by atoms with E-state index in [1.54, 1.807) is 0 Å². The summed E-state index contributed by atoms with van der Waals surface area (Å²) >= 11 is 5.85. The number of carbonyl (C=O) groups is 1. The fourth-order valence-corrected chi connectivity index (χ4v) is 4.93. The van der Waals surface area contributed by atoms with Gasteiger partial charge in [-0.25, -0.2) is 8.42 Å². The van der Waals surface area contributed by atoms with Crippen LogP contribution in [0.3, 0.4) is 0 Å². The number of likely N-dealkylation sites (N-methyl/N-ethyl adjacent to an activating group) is 1. The van der Waals surface area contributed by atoms with Crippen molar-refractivity contribution in [2.24, 2.45) is 7.05 Å². The molecule has 2 heterocycles. The zero-order valence-electron chi connectivity index (χ0n) is 16.2. The Morgan fingerprint density at radius 1 is 1.18 bits per heavy atom. The second-order valence-corrected chi connectivity index (χ2v) is 9.69. The maximum atomic E-state index is 13.1. The Labute approximate surface area is 171 Å². The highest BCUT2D eigenvalue weighted by atomic mass is 35.5. The van der Waals surface area contributed by atoms with Gasteiger partial charge in [0.2, 0.25) is 15.9 Å². The van der Waals surface area contributed by atoms with Crippen molar-refractivity contribution in [3.8, 4) is 0 Å². The predicted molar refractivity (Wildman–Crippen MR) is 110 cm³/mol. The number of amides is 1. The Kier molecular flexibility index (Phi) is 6.47. The fraction of sp³-hybridized carbons (Fsp3) is 0.450. The summed E-state index contributed by atoms with van der Waals surface area (Å²) in [6, 6.07) is 9.95. The predicted octanol–water partition coefficient (Wildman–Crippen LogP) is 3.44. The van der Waals surface area contributed by atoms with Crippen LogP contribution in [0.4, 0.5) is 0 Å². The fourth-order valence-electron chi connectivity index (χ4n) is 3.69. The summed E-state index contributed by atoms with van der Waals surface area (Å²) in [4.78, 5) is 15.1. The molecule has 8 heteroatoms. The molecule has 1 aromatic heterocycles. The van der Waals surface area contributed by atoms with Gasteiger partial charge < -0.3 is 9.47 Å². The number of benzene rings is 1. The maximum absolute atomic E-state index is 13.1. The standard InChI is InChI=1S/C20H26ClN3O3S/c1-22-13-6-8-18(22)19-7-4-3-5-14-24(19)20(25)15-23(2)28(26,27)17-11-9-16(21)10-12-17/h6,8-13,19H,3-5,7,14-15H2,1-2H3/t19-/m1/s1. The van der Waals surface area contributed by atoms with Crippen molar-refractivity contribution in [2.75, 3.05) is 20.1 Å². The van der Waals surface area contributed by atoms with Crippen molar-refractivity contribution in [2.45, 2.75) is 36.6 Å². The third-order valence-corrected chi connectivity index (χ3v) is 7.35. The second kappa shape index (κ2) is 8.68. The van der Waals surface area contributed by atoms with Crippen molar-refractivity contribution in [3.63, 3.8) is 0 Å². The molecular weight excluding hydrogens is 398 g/mol. The van der Waals surface area contributed by atoms with Gasteiger partial charge in [-0.15, -0.1) is 0 Å². The first-order valence-electron chi connectivity index (χ1n) is 9.43. The van der Waals surface area contributed by atoms with Crippen LogP contribution in [0.15, 0.2) is 47.5 Å². The minimum Gasteiger partial charge on any atom is -0.353 e. The van der Waals surface area contributed by atoms with Gasteiger partial charge in [-0.1, -0.05) is 24.4 Å². The number of hydrogen-bond donors (Lipinski definition) is 0. The monoisotopic (exact) mass is 423 g/mol. The van der Waals surface area contributed by atoms with Gasteiger partial charge in [0.25, 0.3) is 0 Å². The molecule has 1 atom stereocenters. The van der Waals surface area contributed by atoms with Gasteiger partial charge >= 0.3 is 0 Å². The lowest BCUT2D eigenvalue weighted by Crippen LogP contribution is -2.43. The van der Waals surface area contributed by atoms with Crippen molar-refractivity contribution in [1.82, 2.24) is 13.8 Å².